The van der Waals surface area contributed by atoms with Crippen molar-refractivity contribution in [3.8, 4) is 0 Å². The van der Waals surface area contributed by atoms with Crippen LogP contribution in [0.1, 0.15) is 10.4 Å². The average Bonchev–Trinajstić information content (AvgIpc) is 2.37. The number of carboxylic acids is 1. The van der Waals surface area contributed by atoms with Gasteiger partial charge < -0.3 is 5.11 Å². The standard InChI is InChI=1S/C13H9BrClNO4S/c14-9-1-3-12(4-2-9)21(19,20)16-11-6-8(13(17)18)5-10(15)7-11/h1-7,16H,(H,17,18). The molecular weight excluding hydrogens is 382 g/mol. The molecule has 0 saturated heterocycles. The average molecular weight is 391 g/mol. The third-order valence-corrected chi connectivity index (χ3v) is 4.66. The van der Waals surface area contributed by atoms with Crippen molar-refractivity contribution >= 4 is 49.2 Å². The molecule has 2 N–H and O–H groups in total. The quantitative estimate of drug-likeness (QED) is 0.835. The second-order valence-corrected chi connectivity index (χ2v) is 7.13. The smallest absolute Gasteiger partial charge is 0.335 e. The molecule has 110 valence electrons. The molecule has 21 heavy (non-hydrogen) atoms. The summed E-state index contributed by atoms with van der Waals surface area (Å²) in [6.07, 6.45) is 0. The maximum Gasteiger partial charge on any atom is 0.335 e. The second kappa shape index (κ2) is 6.05. The molecule has 0 aliphatic heterocycles. The van der Waals surface area contributed by atoms with Crippen molar-refractivity contribution in [1.82, 2.24) is 0 Å². The van der Waals surface area contributed by atoms with Gasteiger partial charge in [0.1, 0.15) is 0 Å². The highest BCUT2D eigenvalue weighted by Crippen LogP contribution is 2.23. The van der Waals surface area contributed by atoms with E-state index in [-0.39, 0.29) is 21.2 Å². The Morgan fingerprint density at radius 2 is 1.76 bits per heavy atom. The van der Waals surface area contributed by atoms with E-state index < -0.39 is 16.0 Å². The van der Waals surface area contributed by atoms with Gasteiger partial charge in [0.2, 0.25) is 0 Å². The number of aromatic carboxylic acids is 1. The number of nitrogens with one attached hydrogen (secondary N) is 1. The first-order valence-electron chi connectivity index (χ1n) is 5.60. The first-order chi connectivity index (χ1) is 9.78. The van der Waals surface area contributed by atoms with E-state index in [1.165, 1.54) is 30.3 Å². The highest BCUT2D eigenvalue weighted by atomic mass is 79.9. The molecule has 5 nitrogen and oxygen atoms in total. The molecule has 0 heterocycles. The topological polar surface area (TPSA) is 83.5 Å². The summed E-state index contributed by atoms with van der Waals surface area (Å²) in [5, 5.41) is 9.07. The predicted molar refractivity (Wildman–Crippen MR) is 83.4 cm³/mol. The lowest BCUT2D eigenvalue weighted by Gasteiger charge is -2.09. The molecular formula is C13H9BrClNO4S. The fourth-order valence-electron chi connectivity index (χ4n) is 1.60. The van der Waals surface area contributed by atoms with E-state index in [0.717, 1.165) is 4.47 Å². The van der Waals surface area contributed by atoms with Gasteiger partial charge in [0.25, 0.3) is 10.0 Å². The molecule has 0 amide bonds. The first kappa shape index (κ1) is 15.8. The molecule has 0 aliphatic carbocycles. The van der Waals surface area contributed by atoms with Crippen LogP contribution in [-0.4, -0.2) is 19.5 Å². The number of hydrogen-bond acceptors (Lipinski definition) is 3. The Labute approximate surface area is 134 Å². The van der Waals surface area contributed by atoms with Crippen LogP contribution in [0, 0.1) is 0 Å². The van der Waals surface area contributed by atoms with Crippen LogP contribution in [0.5, 0.6) is 0 Å². The summed E-state index contributed by atoms with van der Waals surface area (Å²) in [6, 6.07) is 9.81. The van der Waals surface area contributed by atoms with Gasteiger partial charge in [-0.2, -0.15) is 0 Å². The van der Waals surface area contributed by atoms with E-state index >= 15 is 0 Å². The fraction of sp³-hybridized carbons (Fsp3) is 0. The van der Waals surface area contributed by atoms with Crippen LogP contribution in [0.4, 0.5) is 5.69 Å². The zero-order valence-corrected chi connectivity index (χ0v) is 13.5. The molecule has 2 rings (SSSR count). The highest BCUT2D eigenvalue weighted by Gasteiger charge is 2.15. The Hall–Kier alpha value is -1.57. The maximum atomic E-state index is 12.2. The third-order valence-electron chi connectivity index (χ3n) is 2.52. The Kier molecular flexibility index (Phi) is 4.55. The molecule has 0 spiro atoms. The van der Waals surface area contributed by atoms with Crippen molar-refractivity contribution in [2.75, 3.05) is 4.72 Å². The number of sulfonamides is 1. The van der Waals surface area contributed by atoms with Gasteiger partial charge in [-0.05, 0) is 42.5 Å². The minimum absolute atomic E-state index is 0.0579. The Bertz CT molecular complexity index is 790. The monoisotopic (exact) mass is 389 g/mol. The minimum atomic E-state index is -3.81. The lowest BCUT2D eigenvalue weighted by molar-refractivity contribution is 0.0697. The van der Waals surface area contributed by atoms with E-state index in [1.54, 1.807) is 12.1 Å². The first-order valence-corrected chi connectivity index (χ1v) is 8.25. The van der Waals surface area contributed by atoms with E-state index in [1.807, 2.05) is 0 Å². The van der Waals surface area contributed by atoms with Crippen molar-refractivity contribution in [3.63, 3.8) is 0 Å². The van der Waals surface area contributed by atoms with Gasteiger partial charge in [-0.1, -0.05) is 27.5 Å². The summed E-state index contributed by atoms with van der Waals surface area (Å²) in [7, 11) is -3.81. The molecule has 2 aromatic rings. The minimum Gasteiger partial charge on any atom is -0.478 e. The molecule has 0 unspecified atom stereocenters. The highest BCUT2D eigenvalue weighted by molar-refractivity contribution is 9.10. The number of hydrogen-bond donors (Lipinski definition) is 2. The van der Waals surface area contributed by atoms with Gasteiger partial charge in [-0.25, -0.2) is 13.2 Å². The molecule has 0 radical (unpaired) electrons. The normalized spacial score (nSPS) is 11.1. The van der Waals surface area contributed by atoms with Gasteiger partial charge in [0.15, 0.2) is 0 Å². The fourth-order valence-corrected chi connectivity index (χ4v) is 3.14. The van der Waals surface area contributed by atoms with Crippen molar-refractivity contribution in [1.29, 1.82) is 0 Å². The molecule has 0 bridgehead atoms. The van der Waals surface area contributed by atoms with Crippen LogP contribution in [0.25, 0.3) is 0 Å². The molecule has 0 aromatic heterocycles. The third kappa shape index (κ3) is 3.96. The SMILES string of the molecule is O=C(O)c1cc(Cl)cc(NS(=O)(=O)c2ccc(Br)cc2)c1. The Morgan fingerprint density at radius 3 is 2.33 bits per heavy atom. The molecule has 0 atom stereocenters. The summed E-state index contributed by atoms with van der Waals surface area (Å²) >= 11 is 9.00. The Morgan fingerprint density at radius 1 is 1.14 bits per heavy atom. The molecule has 8 heteroatoms. The van der Waals surface area contributed by atoms with E-state index in [4.69, 9.17) is 16.7 Å². The number of anilines is 1. The van der Waals surface area contributed by atoms with Crippen LogP contribution in [-0.2, 0) is 10.0 Å². The molecule has 2 aromatic carbocycles. The number of carbonyl (C=O) groups is 1. The van der Waals surface area contributed by atoms with Gasteiger partial charge in [-0.15, -0.1) is 0 Å². The van der Waals surface area contributed by atoms with Gasteiger partial charge >= 0.3 is 5.97 Å². The lowest BCUT2D eigenvalue weighted by Crippen LogP contribution is -2.13. The summed E-state index contributed by atoms with van der Waals surface area (Å²) in [5.74, 6) is -1.19. The second-order valence-electron chi connectivity index (χ2n) is 4.09. The van der Waals surface area contributed by atoms with Crippen LogP contribution in [0.3, 0.4) is 0 Å². The van der Waals surface area contributed by atoms with Gasteiger partial charge in [0, 0.05) is 9.50 Å². The summed E-state index contributed by atoms with van der Waals surface area (Å²) in [5.41, 5.74) is -0.0150. The van der Waals surface area contributed by atoms with Crippen LogP contribution in [0.2, 0.25) is 5.02 Å². The molecule has 0 fully saturated rings. The summed E-state index contributed by atoms with van der Waals surface area (Å²) in [4.78, 5) is 11.0. The van der Waals surface area contributed by atoms with Crippen LogP contribution >= 0.6 is 27.5 Å². The van der Waals surface area contributed by atoms with Crippen LogP contribution in [0.15, 0.2) is 51.8 Å². The molecule has 0 aliphatic rings. The number of benzene rings is 2. The van der Waals surface area contributed by atoms with E-state index in [2.05, 4.69) is 20.7 Å². The Balaban J connectivity index is 2.36. The lowest BCUT2D eigenvalue weighted by atomic mass is 10.2. The number of halogens is 2. The predicted octanol–water partition coefficient (Wildman–Crippen LogP) is 3.60. The largest absolute Gasteiger partial charge is 0.478 e. The number of rotatable bonds is 4. The van der Waals surface area contributed by atoms with E-state index in [0.29, 0.717) is 0 Å². The van der Waals surface area contributed by atoms with Gasteiger partial charge in [0.05, 0.1) is 16.1 Å². The summed E-state index contributed by atoms with van der Waals surface area (Å²) < 4.78 is 27.4. The molecule has 0 saturated carbocycles. The van der Waals surface area contributed by atoms with Gasteiger partial charge in [-0.3, -0.25) is 4.72 Å². The summed E-state index contributed by atoms with van der Waals surface area (Å²) in [6.45, 7) is 0. The van der Waals surface area contributed by atoms with E-state index in [9.17, 15) is 13.2 Å². The zero-order chi connectivity index (χ0) is 15.6. The number of carboxylic acid groups (broad SMARTS) is 1. The van der Waals surface area contributed by atoms with Crippen molar-refractivity contribution in [3.05, 3.63) is 57.5 Å². The van der Waals surface area contributed by atoms with Crippen molar-refractivity contribution in [2.45, 2.75) is 4.90 Å². The zero-order valence-electron chi connectivity index (χ0n) is 10.4. The van der Waals surface area contributed by atoms with Crippen molar-refractivity contribution < 1.29 is 18.3 Å². The van der Waals surface area contributed by atoms with Crippen LogP contribution < -0.4 is 4.72 Å². The van der Waals surface area contributed by atoms with Crippen molar-refractivity contribution in [2.24, 2.45) is 0 Å². The maximum absolute atomic E-state index is 12.2.